The van der Waals surface area contributed by atoms with Gasteiger partial charge in [-0.15, -0.1) is 0 Å². The number of piperidine rings is 1. The Bertz CT molecular complexity index is 706. The Kier molecular flexibility index (Phi) is 4.68. The van der Waals surface area contributed by atoms with E-state index in [4.69, 9.17) is 11.6 Å². The third-order valence-electron chi connectivity index (χ3n) is 4.45. The summed E-state index contributed by atoms with van der Waals surface area (Å²) < 4.78 is 1.74. The van der Waals surface area contributed by atoms with Gasteiger partial charge in [-0.2, -0.15) is 5.10 Å². The van der Waals surface area contributed by atoms with Crippen molar-refractivity contribution in [1.82, 2.24) is 14.7 Å². The second kappa shape index (κ2) is 6.72. The molecule has 0 aliphatic carbocycles. The largest absolute Gasteiger partial charge is 0.396 e. The molecule has 1 amide bonds. The number of carbonyl (C=O) groups excluding carboxylic acids is 1. The van der Waals surface area contributed by atoms with Crippen LogP contribution in [-0.4, -0.2) is 45.4 Å². The molecule has 0 spiro atoms. The summed E-state index contributed by atoms with van der Waals surface area (Å²) in [5, 5.41) is 14.2. The number of benzene rings is 1. The van der Waals surface area contributed by atoms with Crippen molar-refractivity contribution in [1.29, 1.82) is 0 Å². The average molecular weight is 334 g/mol. The van der Waals surface area contributed by atoms with Gasteiger partial charge < -0.3 is 10.0 Å². The van der Waals surface area contributed by atoms with Crippen molar-refractivity contribution in [3.63, 3.8) is 0 Å². The Morgan fingerprint density at radius 2 is 2.13 bits per heavy atom. The molecule has 5 nitrogen and oxygen atoms in total. The van der Waals surface area contributed by atoms with Gasteiger partial charge in [0.1, 0.15) is 0 Å². The van der Waals surface area contributed by atoms with Gasteiger partial charge >= 0.3 is 0 Å². The van der Waals surface area contributed by atoms with Crippen molar-refractivity contribution in [2.45, 2.75) is 19.8 Å². The minimum absolute atomic E-state index is 0.00664. The molecule has 0 saturated carbocycles. The van der Waals surface area contributed by atoms with Crippen molar-refractivity contribution >= 4 is 17.5 Å². The number of aliphatic hydroxyl groups is 1. The number of amides is 1. The molecule has 2 heterocycles. The van der Waals surface area contributed by atoms with Gasteiger partial charge in [0.2, 0.25) is 0 Å². The molecule has 1 aliphatic heterocycles. The Labute approximate surface area is 140 Å². The third-order valence-corrected chi connectivity index (χ3v) is 4.69. The normalized spacial score (nSPS) is 15.9. The Morgan fingerprint density at radius 3 is 2.78 bits per heavy atom. The molecule has 0 atom stereocenters. The maximum Gasteiger partial charge on any atom is 0.257 e. The molecule has 3 rings (SSSR count). The number of halogens is 1. The van der Waals surface area contributed by atoms with Crippen LogP contribution in [0, 0.1) is 12.8 Å². The van der Waals surface area contributed by atoms with Gasteiger partial charge in [0.05, 0.1) is 23.1 Å². The van der Waals surface area contributed by atoms with Crippen molar-refractivity contribution in [3.05, 3.63) is 46.7 Å². The summed E-state index contributed by atoms with van der Waals surface area (Å²) in [6.07, 6.45) is 3.32. The van der Waals surface area contributed by atoms with Crippen molar-refractivity contribution in [2.75, 3.05) is 19.7 Å². The summed E-state index contributed by atoms with van der Waals surface area (Å²) in [5.41, 5.74) is 2.27. The van der Waals surface area contributed by atoms with Crippen LogP contribution in [-0.2, 0) is 0 Å². The van der Waals surface area contributed by atoms with E-state index in [2.05, 4.69) is 5.10 Å². The van der Waals surface area contributed by atoms with E-state index >= 15 is 0 Å². The van der Waals surface area contributed by atoms with Crippen LogP contribution in [0.25, 0.3) is 5.69 Å². The van der Waals surface area contributed by atoms with E-state index in [1.54, 1.807) is 16.9 Å². The highest BCUT2D eigenvalue weighted by Gasteiger charge is 2.25. The lowest BCUT2D eigenvalue weighted by atomic mass is 9.97. The molecule has 0 bridgehead atoms. The minimum atomic E-state index is 0.00664. The molecule has 6 heteroatoms. The van der Waals surface area contributed by atoms with Gasteiger partial charge in [0.15, 0.2) is 0 Å². The molecule has 23 heavy (non-hydrogen) atoms. The van der Waals surface area contributed by atoms with E-state index in [0.29, 0.717) is 29.6 Å². The lowest BCUT2D eigenvalue weighted by molar-refractivity contribution is 0.0650. The zero-order valence-corrected chi connectivity index (χ0v) is 13.8. The van der Waals surface area contributed by atoms with Crippen LogP contribution >= 0.6 is 11.6 Å². The Hall–Kier alpha value is -1.85. The maximum absolute atomic E-state index is 12.7. The fraction of sp³-hybridized carbons (Fsp3) is 0.412. The number of nitrogens with zero attached hydrogens (tertiary/aromatic N) is 3. The van der Waals surface area contributed by atoms with Gasteiger partial charge in [-0.25, -0.2) is 4.68 Å². The Balaban J connectivity index is 1.80. The fourth-order valence-electron chi connectivity index (χ4n) is 2.98. The molecule has 0 unspecified atom stereocenters. The second-order valence-electron chi connectivity index (χ2n) is 5.95. The fourth-order valence-corrected chi connectivity index (χ4v) is 3.16. The molecule has 2 aromatic rings. The summed E-state index contributed by atoms with van der Waals surface area (Å²) in [5.74, 6) is 0.321. The predicted molar refractivity (Wildman–Crippen MR) is 89.0 cm³/mol. The first-order valence-electron chi connectivity index (χ1n) is 7.81. The van der Waals surface area contributed by atoms with Gasteiger partial charge in [-0.3, -0.25) is 4.79 Å². The first-order valence-corrected chi connectivity index (χ1v) is 8.18. The van der Waals surface area contributed by atoms with Crippen molar-refractivity contribution in [2.24, 2.45) is 5.92 Å². The van der Waals surface area contributed by atoms with Crippen molar-refractivity contribution < 1.29 is 9.90 Å². The number of aromatic nitrogens is 2. The molecular weight excluding hydrogens is 314 g/mol. The zero-order valence-electron chi connectivity index (χ0n) is 13.1. The van der Waals surface area contributed by atoms with E-state index in [-0.39, 0.29) is 12.5 Å². The van der Waals surface area contributed by atoms with Crippen LogP contribution in [0.15, 0.2) is 30.5 Å². The lowest BCUT2D eigenvalue weighted by Gasteiger charge is -2.31. The van der Waals surface area contributed by atoms with E-state index in [1.807, 2.05) is 30.0 Å². The second-order valence-corrected chi connectivity index (χ2v) is 6.39. The monoisotopic (exact) mass is 333 g/mol. The zero-order chi connectivity index (χ0) is 16.4. The number of likely N-dealkylation sites (tertiary alicyclic amines) is 1. The van der Waals surface area contributed by atoms with Crippen LogP contribution in [0.4, 0.5) is 0 Å². The number of carbonyl (C=O) groups is 1. The van der Waals surface area contributed by atoms with E-state index in [1.165, 1.54) is 0 Å². The van der Waals surface area contributed by atoms with Crippen LogP contribution in [0.5, 0.6) is 0 Å². The molecule has 1 saturated heterocycles. The van der Waals surface area contributed by atoms with Gasteiger partial charge in [0, 0.05) is 24.7 Å². The predicted octanol–water partition coefficient (Wildman–Crippen LogP) is 2.68. The molecule has 1 fully saturated rings. The molecular formula is C17H20ClN3O2. The third kappa shape index (κ3) is 3.26. The molecule has 0 radical (unpaired) electrons. The first-order chi connectivity index (χ1) is 11.1. The SMILES string of the molecule is Cc1c(C(=O)N2CCC(CO)CC2)cnn1-c1cccc(Cl)c1. The van der Waals surface area contributed by atoms with E-state index in [9.17, 15) is 9.90 Å². The highest BCUT2D eigenvalue weighted by atomic mass is 35.5. The van der Waals surface area contributed by atoms with Crippen molar-refractivity contribution in [3.8, 4) is 5.69 Å². The molecule has 1 aromatic heterocycles. The van der Waals surface area contributed by atoms with E-state index in [0.717, 1.165) is 24.2 Å². The highest BCUT2D eigenvalue weighted by molar-refractivity contribution is 6.30. The highest BCUT2D eigenvalue weighted by Crippen LogP contribution is 2.22. The Morgan fingerprint density at radius 1 is 1.39 bits per heavy atom. The first kappa shape index (κ1) is 16.0. The van der Waals surface area contributed by atoms with Gasteiger partial charge in [-0.05, 0) is 43.9 Å². The summed E-state index contributed by atoms with van der Waals surface area (Å²) in [6.45, 7) is 3.47. The number of rotatable bonds is 3. The van der Waals surface area contributed by atoms with Crippen LogP contribution < -0.4 is 0 Å². The van der Waals surface area contributed by atoms with Crippen LogP contribution in [0.2, 0.25) is 5.02 Å². The maximum atomic E-state index is 12.7. The average Bonchev–Trinajstić information content (AvgIpc) is 2.96. The topological polar surface area (TPSA) is 58.4 Å². The summed E-state index contributed by atoms with van der Waals surface area (Å²) in [7, 11) is 0. The number of aliphatic hydroxyl groups excluding tert-OH is 1. The molecule has 1 aliphatic rings. The van der Waals surface area contributed by atoms with E-state index < -0.39 is 0 Å². The van der Waals surface area contributed by atoms with Crippen LogP contribution in [0.3, 0.4) is 0 Å². The molecule has 122 valence electrons. The summed E-state index contributed by atoms with van der Waals surface area (Å²) >= 11 is 6.03. The van der Waals surface area contributed by atoms with Crippen LogP contribution in [0.1, 0.15) is 28.9 Å². The minimum Gasteiger partial charge on any atom is -0.396 e. The number of hydrogen-bond acceptors (Lipinski definition) is 3. The molecule has 1 aromatic carbocycles. The standard InChI is InChI=1S/C17H20ClN3O2/c1-12-16(17(23)20-7-5-13(11-22)6-8-20)10-19-21(12)15-4-2-3-14(18)9-15/h2-4,9-10,13,22H,5-8,11H2,1H3. The molecule has 1 N–H and O–H groups in total. The van der Waals surface area contributed by atoms with Gasteiger partial charge in [-0.1, -0.05) is 17.7 Å². The number of hydrogen-bond donors (Lipinski definition) is 1. The van der Waals surface area contributed by atoms with Gasteiger partial charge in [0.25, 0.3) is 5.91 Å². The smallest absolute Gasteiger partial charge is 0.257 e. The summed E-state index contributed by atoms with van der Waals surface area (Å²) in [6, 6.07) is 7.40. The lowest BCUT2D eigenvalue weighted by Crippen LogP contribution is -2.39. The summed E-state index contributed by atoms with van der Waals surface area (Å²) in [4.78, 5) is 14.6. The quantitative estimate of drug-likeness (QED) is 0.939.